The third-order valence-corrected chi connectivity index (χ3v) is 2.54. The Bertz CT molecular complexity index is 122. The predicted molar refractivity (Wildman–Crippen MR) is 47.8 cm³/mol. The third kappa shape index (κ3) is 2.44. The van der Waals surface area contributed by atoms with Crippen molar-refractivity contribution in [3.63, 3.8) is 0 Å². The van der Waals surface area contributed by atoms with Gasteiger partial charge in [-0.25, -0.2) is 0 Å². The van der Waals surface area contributed by atoms with E-state index in [0.29, 0.717) is 19.9 Å². The first-order valence-electron chi connectivity index (χ1n) is 4.75. The van der Waals surface area contributed by atoms with Crippen molar-refractivity contribution in [2.45, 2.75) is 38.2 Å². The zero-order chi connectivity index (χ0) is 8.86. The van der Waals surface area contributed by atoms with E-state index in [4.69, 9.17) is 15.2 Å². The summed E-state index contributed by atoms with van der Waals surface area (Å²) in [5.41, 5.74) is 5.61. The molecule has 0 saturated heterocycles. The summed E-state index contributed by atoms with van der Waals surface area (Å²) >= 11 is 0. The van der Waals surface area contributed by atoms with Crippen molar-refractivity contribution in [2.75, 3.05) is 19.9 Å². The van der Waals surface area contributed by atoms with Gasteiger partial charge in [0, 0.05) is 13.2 Å². The SMILES string of the molecule is CCOCOC1(CN)CCCC1. The molecule has 1 rings (SSSR count). The molecule has 0 aromatic rings. The molecule has 0 heterocycles. The van der Waals surface area contributed by atoms with Crippen LogP contribution in [-0.2, 0) is 9.47 Å². The van der Waals surface area contributed by atoms with Crippen LogP contribution in [0.25, 0.3) is 0 Å². The van der Waals surface area contributed by atoms with E-state index < -0.39 is 0 Å². The van der Waals surface area contributed by atoms with E-state index in [1.54, 1.807) is 0 Å². The molecule has 3 heteroatoms. The first-order chi connectivity index (χ1) is 5.83. The molecule has 0 aromatic heterocycles. The highest BCUT2D eigenvalue weighted by Crippen LogP contribution is 2.31. The smallest absolute Gasteiger partial charge is 0.147 e. The predicted octanol–water partition coefficient (Wildman–Crippen LogP) is 1.27. The maximum atomic E-state index is 5.67. The fourth-order valence-corrected chi connectivity index (χ4v) is 1.68. The Morgan fingerprint density at radius 2 is 2.00 bits per heavy atom. The van der Waals surface area contributed by atoms with Gasteiger partial charge in [-0.05, 0) is 19.8 Å². The van der Waals surface area contributed by atoms with Crippen LogP contribution in [-0.4, -0.2) is 25.5 Å². The molecule has 3 nitrogen and oxygen atoms in total. The second kappa shape index (κ2) is 4.80. The van der Waals surface area contributed by atoms with Gasteiger partial charge in [0.05, 0.1) is 5.60 Å². The van der Waals surface area contributed by atoms with Crippen LogP contribution in [0.4, 0.5) is 0 Å². The fraction of sp³-hybridized carbons (Fsp3) is 1.00. The molecule has 0 spiro atoms. The number of nitrogens with two attached hydrogens (primary N) is 1. The molecule has 1 saturated carbocycles. The zero-order valence-corrected chi connectivity index (χ0v) is 7.84. The lowest BCUT2D eigenvalue weighted by atomic mass is 10.0. The summed E-state index contributed by atoms with van der Waals surface area (Å²) in [5.74, 6) is 0. The highest BCUT2D eigenvalue weighted by molar-refractivity contribution is 4.86. The highest BCUT2D eigenvalue weighted by atomic mass is 16.7. The molecule has 1 aliphatic rings. The number of hydrogen-bond acceptors (Lipinski definition) is 3. The average Bonchev–Trinajstić information content (AvgIpc) is 2.55. The fourth-order valence-electron chi connectivity index (χ4n) is 1.68. The van der Waals surface area contributed by atoms with Crippen LogP contribution in [0.2, 0.25) is 0 Å². The summed E-state index contributed by atoms with van der Waals surface area (Å²) in [6.07, 6.45) is 4.67. The summed E-state index contributed by atoms with van der Waals surface area (Å²) in [4.78, 5) is 0. The Morgan fingerprint density at radius 3 is 2.50 bits per heavy atom. The molecule has 12 heavy (non-hydrogen) atoms. The lowest BCUT2D eigenvalue weighted by Gasteiger charge is -2.27. The van der Waals surface area contributed by atoms with Crippen molar-refractivity contribution >= 4 is 0 Å². The molecule has 0 aromatic carbocycles. The minimum absolute atomic E-state index is 0.0603. The van der Waals surface area contributed by atoms with Gasteiger partial charge in [0.25, 0.3) is 0 Å². The molecular weight excluding hydrogens is 154 g/mol. The van der Waals surface area contributed by atoms with Gasteiger partial charge < -0.3 is 15.2 Å². The highest BCUT2D eigenvalue weighted by Gasteiger charge is 2.33. The van der Waals surface area contributed by atoms with Crippen molar-refractivity contribution in [3.05, 3.63) is 0 Å². The maximum absolute atomic E-state index is 5.67. The van der Waals surface area contributed by atoms with Gasteiger partial charge in [-0.2, -0.15) is 0 Å². The summed E-state index contributed by atoms with van der Waals surface area (Å²) in [6.45, 7) is 3.70. The monoisotopic (exact) mass is 173 g/mol. The Balaban J connectivity index is 2.24. The Labute approximate surface area is 74.2 Å². The van der Waals surface area contributed by atoms with E-state index in [-0.39, 0.29) is 5.60 Å². The Hall–Kier alpha value is -0.120. The van der Waals surface area contributed by atoms with Crippen LogP contribution < -0.4 is 5.73 Å². The molecule has 0 amide bonds. The molecule has 0 unspecified atom stereocenters. The minimum atomic E-state index is -0.0603. The molecule has 1 aliphatic carbocycles. The van der Waals surface area contributed by atoms with Crippen LogP contribution >= 0.6 is 0 Å². The van der Waals surface area contributed by atoms with Crippen LogP contribution in [0, 0.1) is 0 Å². The zero-order valence-electron chi connectivity index (χ0n) is 7.84. The molecular formula is C9H19NO2. The van der Waals surface area contributed by atoms with E-state index >= 15 is 0 Å². The topological polar surface area (TPSA) is 44.5 Å². The van der Waals surface area contributed by atoms with E-state index in [1.807, 2.05) is 6.92 Å². The van der Waals surface area contributed by atoms with E-state index in [1.165, 1.54) is 12.8 Å². The van der Waals surface area contributed by atoms with Crippen LogP contribution in [0.15, 0.2) is 0 Å². The lowest BCUT2D eigenvalue weighted by molar-refractivity contribution is -0.133. The average molecular weight is 173 g/mol. The Kier molecular flexibility index (Phi) is 3.98. The van der Waals surface area contributed by atoms with Crippen molar-refractivity contribution in [1.29, 1.82) is 0 Å². The largest absolute Gasteiger partial charge is 0.356 e. The van der Waals surface area contributed by atoms with Gasteiger partial charge in [-0.15, -0.1) is 0 Å². The van der Waals surface area contributed by atoms with Gasteiger partial charge in [0.2, 0.25) is 0 Å². The van der Waals surface area contributed by atoms with E-state index in [2.05, 4.69) is 0 Å². The van der Waals surface area contributed by atoms with Crippen molar-refractivity contribution in [3.8, 4) is 0 Å². The molecule has 0 aliphatic heterocycles. The maximum Gasteiger partial charge on any atom is 0.147 e. The summed E-state index contributed by atoms with van der Waals surface area (Å²) in [7, 11) is 0. The van der Waals surface area contributed by atoms with Gasteiger partial charge in [-0.3, -0.25) is 0 Å². The minimum Gasteiger partial charge on any atom is -0.356 e. The second-order valence-electron chi connectivity index (χ2n) is 3.35. The number of hydrogen-bond donors (Lipinski definition) is 1. The lowest BCUT2D eigenvalue weighted by Crippen LogP contribution is -2.38. The molecule has 0 radical (unpaired) electrons. The third-order valence-electron chi connectivity index (χ3n) is 2.54. The summed E-state index contributed by atoms with van der Waals surface area (Å²) in [6, 6.07) is 0. The van der Waals surface area contributed by atoms with Gasteiger partial charge in [0.15, 0.2) is 0 Å². The summed E-state index contributed by atoms with van der Waals surface area (Å²) < 4.78 is 10.8. The molecule has 0 bridgehead atoms. The van der Waals surface area contributed by atoms with Crippen molar-refractivity contribution < 1.29 is 9.47 Å². The van der Waals surface area contributed by atoms with Gasteiger partial charge in [0.1, 0.15) is 6.79 Å². The first-order valence-corrected chi connectivity index (χ1v) is 4.75. The molecule has 0 atom stereocenters. The molecule has 1 fully saturated rings. The van der Waals surface area contributed by atoms with E-state index in [9.17, 15) is 0 Å². The van der Waals surface area contributed by atoms with E-state index in [0.717, 1.165) is 12.8 Å². The first kappa shape index (κ1) is 9.96. The van der Waals surface area contributed by atoms with Crippen LogP contribution in [0.1, 0.15) is 32.6 Å². The summed E-state index contributed by atoms with van der Waals surface area (Å²) in [5, 5.41) is 0. The van der Waals surface area contributed by atoms with Crippen molar-refractivity contribution in [1.82, 2.24) is 0 Å². The van der Waals surface area contributed by atoms with Crippen LogP contribution in [0.3, 0.4) is 0 Å². The van der Waals surface area contributed by atoms with Gasteiger partial charge >= 0.3 is 0 Å². The normalized spacial score (nSPS) is 21.5. The quantitative estimate of drug-likeness (QED) is 0.503. The standard InChI is InChI=1S/C9H19NO2/c1-2-11-8-12-9(7-10)5-3-4-6-9/h2-8,10H2,1H3. The second-order valence-corrected chi connectivity index (χ2v) is 3.35. The number of rotatable bonds is 5. The molecule has 72 valence electrons. The Morgan fingerprint density at radius 1 is 1.33 bits per heavy atom. The van der Waals surface area contributed by atoms with Crippen molar-refractivity contribution in [2.24, 2.45) is 5.73 Å². The van der Waals surface area contributed by atoms with Gasteiger partial charge in [-0.1, -0.05) is 12.8 Å². The van der Waals surface area contributed by atoms with Crippen LogP contribution in [0.5, 0.6) is 0 Å². The number of ether oxygens (including phenoxy) is 2. The molecule has 2 N–H and O–H groups in total.